The monoisotopic (exact) mass is 205 g/mol. The molecule has 0 aliphatic heterocycles. The molecule has 1 aliphatic carbocycles. The van der Waals surface area contributed by atoms with E-state index in [1.54, 1.807) is 0 Å². The van der Waals surface area contributed by atoms with Crippen LogP contribution in [0.25, 0.3) is 0 Å². The highest BCUT2D eigenvalue weighted by Gasteiger charge is 2.08. The van der Waals surface area contributed by atoms with Crippen LogP contribution in [0.1, 0.15) is 25.1 Å². The second kappa shape index (κ2) is 5.12. The molecule has 0 fully saturated rings. The number of nitrogens with one attached hydrogen (secondary N) is 1. The summed E-state index contributed by atoms with van der Waals surface area (Å²) in [5, 5.41) is 3.58. The first-order valence-electron chi connectivity index (χ1n) is 5.71. The van der Waals surface area contributed by atoms with Gasteiger partial charge in [-0.1, -0.05) is 12.2 Å². The van der Waals surface area contributed by atoms with E-state index in [-0.39, 0.29) is 0 Å². The van der Waals surface area contributed by atoms with E-state index in [9.17, 15) is 0 Å². The summed E-state index contributed by atoms with van der Waals surface area (Å²) in [6.07, 6.45) is 13.1. The molecule has 15 heavy (non-hydrogen) atoms. The van der Waals surface area contributed by atoms with Gasteiger partial charge in [-0.15, -0.1) is 0 Å². The Kier molecular flexibility index (Phi) is 3.56. The summed E-state index contributed by atoms with van der Waals surface area (Å²) in [7, 11) is 2.05. The van der Waals surface area contributed by atoms with Crippen LogP contribution >= 0.6 is 0 Å². The lowest BCUT2D eigenvalue weighted by Gasteiger charge is -2.19. The van der Waals surface area contributed by atoms with E-state index in [2.05, 4.69) is 27.0 Å². The maximum atomic E-state index is 4.31. The SMILES string of the molecule is Cn1ccnc1CCNC1CC=CCC1. The molecule has 1 atom stereocenters. The molecule has 1 heterocycles. The third-order valence-electron chi connectivity index (χ3n) is 2.97. The van der Waals surface area contributed by atoms with Gasteiger partial charge in [-0.2, -0.15) is 0 Å². The molecule has 0 aromatic carbocycles. The fourth-order valence-corrected chi connectivity index (χ4v) is 2.00. The number of nitrogens with zero attached hydrogens (tertiary/aromatic N) is 2. The lowest BCUT2D eigenvalue weighted by atomic mass is 10.0. The average molecular weight is 205 g/mol. The predicted octanol–water partition coefficient (Wildman–Crippen LogP) is 1.66. The summed E-state index contributed by atoms with van der Waals surface area (Å²) in [5.74, 6) is 1.16. The molecule has 0 bridgehead atoms. The van der Waals surface area contributed by atoms with Crippen molar-refractivity contribution in [2.45, 2.75) is 31.7 Å². The van der Waals surface area contributed by atoms with Gasteiger partial charge in [0.05, 0.1) is 0 Å². The van der Waals surface area contributed by atoms with E-state index >= 15 is 0 Å². The van der Waals surface area contributed by atoms with Crippen molar-refractivity contribution in [2.75, 3.05) is 6.54 Å². The number of hydrogen-bond acceptors (Lipinski definition) is 2. The maximum absolute atomic E-state index is 4.31. The summed E-state index contributed by atoms with van der Waals surface area (Å²) >= 11 is 0. The van der Waals surface area contributed by atoms with Gasteiger partial charge in [0.2, 0.25) is 0 Å². The lowest BCUT2D eigenvalue weighted by molar-refractivity contribution is 0.474. The normalized spacial score (nSPS) is 20.7. The number of allylic oxidation sites excluding steroid dienone is 1. The third-order valence-corrected chi connectivity index (χ3v) is 2.97. The first-order chi connectivity index (χ1) is 7.36. The Balaban J connectivity index is 1.71. The third kappa shape index (κ3) is 2.93. The summed E-state index contributed by atoms with van der Waals surface area (Å²) in [5.41, 5.74) is 0. The molecule has 0 amide bonds. The van der Waals surface area contributed by atoms with Gasteiger partial charge in [0.1, 0.15) is 5.82 Å². The topological polar surface area (TPSA) is 29.9 Å². The average Bonchev–Trinajstić information content (AvgIpc) is 2.66. The van der Waals surface area contributed by atoms with Gasteiger partial charge < -0.3 is 9.88 Å². The molecule has 1 unspecified atom stereocenters. The molecule has 3 heteroatoms. The molecule has 2 rings (SSSR count). The van der Waals surface area contributed by atoms with Crippen molar-refractivity contribution < 1.29 is 0 Å². The highest BCUT2D eigenvalue weighted by atomic mass is 15.0. The summed E-state index contributed by atoms with van der Waals surface area (Å²) in [6.45, 7) is 1.03. The van der Waals surface area contributed by atoms with Crippen LogP contribution in [0.3, 0.4) is 0 Å². The highest BCUT2D eigenvalue weighted by Crippen LogP contribution is 2.10. The molecule has 1 N–H and O–H groups in total. The van der Waals surface area contributed by atoms with Gasteiger partial charge in [-0.3, -0.25) is 0 Å². The van der Waals surface area contributed by atoms with Crippen LogP contribution in [0, 0.1) is 0 Å². The molecular formula is C12H19N3. The zero-order valence-electron chi connectivity index (χ0n) is 9.32. The second-order valence-corrected chi connectivity index (χ2v) is 4.14. The lowest BCUT2D eigenvalue weighted by Crippen LogP contribution is -2.31. The Morgan fingerprint density at radius 3 is 3.13 bits per heavy atom. The molecular weight excluding hydrogens is 186 g/mol. The minimum atomic E-state index is 0.676. The van der Waals surface area contributed by atoms with Gasteiger partial charge in [0.25, 0.3) is 0 Å². The summed E-state index contributed by atoms with van der Waals surface area (Å²) in [6, 6.07) is 0.676. The van der Waals surface area contributed by atoms with Gasteiger partial charge >= 0.3 is 0 Å². The molecule has 1 aliphatic rings. The zero-order chi connectivity index (χ0) is 10.5. The minimum absolute atomic E-state index is 0.676. The van der Waals surface area contributed by atoms with E-state index in [1.807, 2.05) is 19.4 Å². The number of hydrogen-bond donors (Lipinski definition) is 1. The van der Waals surface area contributed by atoms with Crippen molar-refractivity contribution in [1.82, 2.24) is 14.9 Å². The molecule has 0 spiro atoms. The number of rotatable bonds is 4. The van der Waals surface area contributed by atoms with Gasteiger partial charge in [0, 0.05) is 38.4 Å². The number of aromatic nitrogens is 2. The standard InChI is InChI=1S/C12H19N3/c1-15-10-9-14-12(15)7-8-13-11-5-3-2-4-6-11/h2-3,9-11,13H,4-8H2,1H3. The van der Waals surface area contributed by atoms with Crippen LogP contribution in [0.2, 0.25) is 0 Å². The molecule has 82 valence electrons. The van der Waals surface area contributed by atoms with Crippen LogP contribution in [0.4, 0.5) is 0 Å². The van der Waals surface area contributed by atoms with Crippen LogP contribution in [-0.4, -0.2) is 22.1 Å². The fraction of sp³-hybridized carbons (Fsp3) is 0.583. The summed E-state index contributed by atoms with van der Waals surface area (Å²) < 4.78 is 2.09. The number of imidazole rings is 1. The van der Waals surface area contributed by atoms with E-state index < -0.39 is 0 Å². The van der Waals surface area contributed by atoms with Crippen LogP contribution in [0.5, 0.6) is 0 Å². The van der Waals surface area contributed by atoms with E-state index in [4.69, 9.17) is 0 Å². The summed E-state index contributed by atoms with van der Waals surface area (Å²) in [4.78, 5) is 4.31. The van der Waals surface area contributed by atoms with Crippen LogP contribution < -0.4 is 5.32 Å². The van der Waals surface area contributed by atoms with Gasteiger partial charge in [-0.25, -0.2) is 4.98 Å². The van der Waals surface area contributed by atoms with E-state index in [1.165, 1.54) is 19.3 Å². The number of aryl methyl sites for hydroxylation is 1. The Morgan fingerprint density at radius 1 is 1.53 bits per heavy atom. The predicted molar refractivity (Wildman–Crippen MR) is 61.7 cm³/mol. The van der Waals surface area contributed by atoms with Crippen LogP contribution in [-0.2, 0) is 13.5 Å². The van der Waals surface area contributed by atoms with Crippen molar-refractivity contribution in [1.29, 1.82) is 0 Å². The molecule has 0 saturated heterocycles. The van der Waals surface area contributed by atoms with Crippen molar-refractivity contribution in [3.05, 3.63) is 30.4 Å². The highest BCUT2D eigenvalue weighted by molar-refractivity contribution is 4.95. The first-order valence-corrected chi connectivity index (χ1v) is 5.71. The van der Waals surface area contributed by atoms with Crippen molar-refractivity contribution in [2.24, 2.45) is 7.05 Å². The van der Waals surface area contributed by atoms with Crippen molar-refractivity contribution in [3.8, 4) is 0 Å². The second-order valence-electron chi connectivity index (χ2n) is 4.14. The largest absolute Gasteiger partial charge is 0.338 e. The molecule has 3 nitrogen and oxygen atoms in total. The van der Waals surface area contributed by atoms with E-state index in [0.29, 0.717) is 6.04 Å². The Labute approximate surface area is 91.2 Å². The van der Waals surface area contributed by atoms with E-state index in [0.717, 1.165) is 18.8 Å². The minimum Gasteiger partial charge on any atom is -0.338 e. The maximum Gasteiger partial charge on any atom is 0.109 e. The molecule has 0 radical (unpaired) electrons. The van der Waals surface area contributed by atoms with Crippen molar-refractivity contribution in [3.63, 3.8) is 0 Å². The van der Waals surface area contributed by atoms with Crippen LogP contribution in [0.15, 0.2) is 24.5 Å². The van der Waals surface area contributed by atoms with Gasteiger partial charge in [0.15, 0.2) is 0 Å². The Bertz CT molecular complexity index is 327. The van der Waals surface area contributed by atoms with Crippen molar-refractivity contribution >= 4 is 0 Å². The quantitative estimate of drug-likeness (QED) is 0.758. The first kappa shape index (κ1) is 10.4. The molecule has 1 aromatic rings. The van der Waals surface area contributed by atoms with Gasteiger partial charge in [-0.05, 0) is 19.3 Å². The smallest absolute Gasteiger partial charge is 0.109 e. The zero-order valence-corrected chi connectivity index (χ0v) is 9.32. The Hall–Kier alpha value is -1.09. The molecule has 0 saturated carbocycles. The molecule has 1 aromatic heterocycles. The Morgan fingerprint density at radius 2 is 2.47 bits per heavy atom. The fourth-order valence-electron chi connectivity index (χ4n) is 2.00.